The number of carbonyl (C=O) groups is 2. The highest BCUT2D eigenvalue weighted by Gasteiger charge is 2.67. The van der Waals surface area contributed by atoms with Crippen LogP contribution in [0.2, 0.25) is 0 Å². The predicted molar refractivity (Wildman–Crippen MR) is 279 cm³/mol. The molecule has 0 heterocycles. The van der Waals surface area contributed by atoms with Gasteiger partial charge in [-0.2, -0.15) is 0 Å². The van der Waals surface area contributed by atoms with E-state index < -0.39 is 11.8 Å². The zero-order valence-electron chi connectivity index (χ0n) is 39.2. The van der Waals surface area contributed by atoms with Crippen molar-refractivity contribution in [3.8, 4) is 0 Å². The van der Waals surface area contributed by atoms with Crippen LogP contribution in [-0.2, 0) is 0 Å². The first-order valence-electron chi connectivity index (χ1n) is 26.4. The number of ketones is 2. The minimum atomic E-state index is -0.532. The second-order valence-corrected chi connectivity index (χ2v) is 22.7. The molecule has 8 bridgehead atoms. The quantitative estimate of drug-likeness (QED) is 0.142. The molecule has 4 atom stereocenters. The number of rotatable bonds is 0. The molecule has 9 aromatic rings. The number of hydrogen-bond acceptors (Lipinski definition) is 2. The second kappa shape index (κ2) is 12.7. The van der Waals surface area contributed by atoms with Crippen LogP contribution in [0.5, 0.6) is 0 Å². The lowest BCUT2D eigenvalue weighted by Gasteiger charge is -2.62. The topological polar surface area (TPSA) is 34.1 Å². The number of benzene rings is 9. The summed E-state index contributed by atoms with van der Waals surface area (Å²) in [5.74, 6) is -1.51. The molecule has 2 heteroatoms. The van der Waals surface area contributed by atoms with E-state index in [1.165, 1.54) is 111 Å². The second-order valence-electron chi connectivity index (χ2n) is 22.7. The molecule has 14 aliphatic rings. The molecule has 336 valence electrons. The predicted octanol–water partition coefficient (Wildman–Crippen LogP) is 14.4. The lowest BCUT2D eigenvalue weighted by molar-refractivity contribution is 0.0528. The molecule has 0 aromatic heterocycles. The fourth-order valence-electron chi connectivity index (χ4n) is 18.7. The van der Waals surface area contributed by atoms with Crippen LogP contribution >= 0.6 is 0 Å². The molecule has 0 unspecified atom stereocenters. The Morgan fingerprint density at radius 3 is 0.639 bits per heavy atom. The Bertz CT molecular complexity index is 3690. The molecular formula is C70H44O2. The summed E-state index contributed by atoms with van der Waals surface area (Å²) in [6.45, 7) is 0. The van der Waals surface area contributed by atoms with Gasteiger partial charge in [-0.25, -0.2) is 0 Å². The van der Waals surface area contributed by atoms with Crippen LogP contribution in [0.1, 0.15) is 179 Å². The van der Waals surface area contributed by atoms with Gasteiger partial charge in [0.15, 0.2) is 11.6 Å². The Labute approximate surface area is 417 Å². The van der Waals surface area contributed by atoms with Gasteiger partial charge in [0.1, 0.15) is 0 Å². The molecule has 2 nitrogen and oxygen atoms in total. The van der Waals surface area contributed by atoms with Gasteiger partial charge < -0.3 is 0 Å². The van der Waals surface area contributed by atoms with E-state index in [0.29, 0.717) is 0 Å². The van der Waals surface area contributed by atoms with E-state index in [1.807, 2.05) is 0 Å². The monoisotopic (exact) mass is 916 g/mol. The fraction of sp³-hybridized carbons (Fsp3) is 0.171. The largest absolute Gasteiger partial charge is 0.294 e. The molecule has 0 fully saturated rings. The zero-order valence-corrected chi connectivity index (χ0v) is 39.2. The maximum absolute atomic E-state index is 17.7. The number of fused-ring (bicyclic) bond motifs is 2. The SMILES string of the molecule is O=C1c2c(c3c(c4c2C2c5ccccc5C4c4ccccc42)C2c4ccccc4C3c3ccccc32)C(=O)[C@@H]2[C@@H]1[C@@H]1C(=C3C4c5ccccc5C(c5ccccc54)[C@H]32)C2c3ccccc3C1c1ccccc12. The van der Waals surface area contributed by atoms with Gasteiger partial charge in [-0.3, -0.25) is 9.59 Å². The van der Waals surface area contributed by atoms with Crippen molar-refractivity contribution >= 4 is 11.6 Å². The van der Waals surface area contributed by atoms with Gasteiger partial charge in [0.05, 0.1) is 0 Å². The Balaban J connectivity index is 0.978. The molecule has 0 spiro atoms. The van der Waals surface area contributed by atoms with Gasteiger partial charge in [0, 0.05) is 82.1 Å². The van der Waals surface area contributed by atoms with Crippen molar-refractivity contribution in [1.29, 1.82) is 0 Å². The van der Waals surface area contributed by atoms with E-state index in [4.69, 9.17) is 0 Å². The molecule has 0 N–H and O–H groups in total. The van der Waals surface area contributed by atoms with Crippen molar-refractivity contribution in [3.63, 3.8) is 0 Å². The van der Waals surface area contributed by atoms with Gasteiger partial charge in [0.2, 0.25) is 0 Å². The summed E-state index contributed by atoms with van der Waals surface area (Å²) in [5, 5.41) is 0. The summed E-state index contributed by atoms with van der Waals surface area (Å²) >= 11 is 0. The van der Waals surface area contributed by atoms with Crippen molar-refractivity contribution in [2.24, 2.45) is 23.7 Å². The van der Waals surface area contributed by atoms with Crippen LogP contribution in [0.25, 0.3) is 0 Å². The van der Waals surface area contributed by atoms with Gasteiger partial charge in [-0.1, -0.05) is 205 Å². The molecular weight excluding hydrogens is 873 g/mol. The van der Waals surface area contributed by atoms with Crippen LogP contribution in [-0.4, -0.2) is 11.6 Å². The third-order valence-corrected chi connectivity index (χ3v) is 20.5. The summed E-state index contributed by atoms with van der Waals surface area (Å²) in [7, 11) is 0. The lowest BCUT2D eigenvalue weighted by Crippen LogP contribution is -2.57. The Kier molecular flexibility index (Phi) is 6.69. The van der Waals surface area contributed by atoms with Crippen molar-refractivity contribution in [2.45, 2.75) is 47.3 Å². The minimum Gasteiger partial charge on any atom is -0.294 e. The molecule has 0 radical (unpaired) electrons. The van der Waals surface area contributed by atoms with Crippen molar-refractivity contribution in [3.05, 3.63) is 328 Å². The van der Waals surface area contributed by atoms with Gasteiger partial charge in [-0.15, -0.1) is 0 Å². The first kappa shape index (κ1) is 37.8. The smallest absolute Gasteiger partial charge is 0.168 e. The highest BCUT2D eigenvalue weighted by Crippen LogP contribution is 2.74. The average Bonchev–Trinajstić information content (AvgIpc) is 3.45. The fourth-order valence-corrected chi connectivity index (χ4v) is 18.7. The van der Waals surface area contributed by atoms with E-state index in [9.17, 15) is 0 Å². The van der Waals surface area contributed by atoms with Crippen LogP contribution in [0, 0.1) is 23.7 Å². The first-order chi connectivity index (χ1) is 35.7. The Morgan fingerprint density at radius 2 is 0.403 bits per heavy atom. The maximum atomic E-state index is 17.7. The van der Waals surface area contributed by atoms with Crippen molar-refractivity contribution in [1.82, 2.24) is 0 Å². The molecule has 0 saturated carbocycles. The normalized spacial score (nSPS) is 29.1. The summed E-state index contributed by atoms with van der Waals surface area (Å²) in [6.07, 6.45) is 0. The van der Waals surface area contributed by atoms with E-state index in [-0.39, 0.29) is 70.7 Å². The average molecular weight is 917 g/mol. The first-order valence-corrected chi connectivity index (χ1v) is 26.4. The highest BCUT2D eigenvalue weighted by atomic mass is 16.1. The van der Waals surface area contributed by atoms with Crippen LogP contribution in [0.4, 0.5) is 0 Å². The van der Waals surface area contributed by atoms with Crippen LogP contribution in [0.3, 0.4) is 0 Å². The number of hydrogen-bond donors (Lipinski definition) is 0. The number of carbonyl (C=O) groups excluding carboxylic acids is 2. The maximum Gasteiger partial charge on any atom is 0.168 e. The van der Waals surface area contributed by atoms with E-state index in [1.54, 1.807) is 0 Å². The van der Waals surface area contributed by atoms with Crippen LogP contribution in [0.15, 0.2) is 205 Å². The summed E-state index contributed by atoms with van der Waals surface area (Å²) in [6, 6.07) is 72.9. The van der Waals surface area contributed by atoms with Crippen molar-refractivity contribution in [2.75, 3.05) is 0 Å². The molecule has 14 aliphatic carbocycles. The van der Waals surface area contributed by atoms with Crippen LogP contribution < -0.4 is 0 Å². The van der Waals surface area contributed by atoms with E-state index in [2.05, 4.69) is 194 Å². The molecule has 9 aromatic carbocycles. The van der Waals surface area contributed by atoms with Gasteiger partial charge in [-0.05, 0) is 111 Å². The Hall–Kier alpha value is -7.94. The Morgan fingerprint density at radius 1 is 0.208 bits per heavy atom. The third-order valence-electron chi connectivity index (χ3n) is 20.5. The molecule has 23 rings (SSSR count). The zero-order chi connectivity index (χ0) is 46.6. The van der Waals surface area contributed by atoms with Crippen molar-refractivity contribution < 1.29 is 9.59 Å². The summed E-state index contributed by atoms with van der Waals surface area (Å²) in [4.78, 5) is 35.4. The summed E-state index contributed by atoms with van der Waals surface area (Å²) < 4.78 is 0. The van der Waals surface area contributed by atoms with E-state index in [0.717, 1.165) is 22.3 Å². The molecule has 72 heavy (non-hydrogen) atoms. The lowest BCUT2D eigenvalue weighted by atomic mass is 9.40. The summed E-state index contributed by atoms with van der Waals surface area (Å²) in [5.41, 5.74) is 30.6. The van der Waals surface area contributed by atoms with Gasteiger partial charge >= 0.3 is 0 Å². The number of Topliss-reactive ketones (excluding diaryl/α,β-unsaturated/α-hetero) is 2. The number of allylic oxidation sites excluding steroid dienone is 2. The minimum absolute atomic E-state index is 0.00442. The highest BCUT2D eigenvalue weighted by molar-refractivity contribution is 6.20. The third kappa shape index (κ3) is 4.02. The molecule has 0 aliphatic heterocycles. The standard InChI is InChI=1S/C70H44O2/c71-69-65-61-53-41-25-9-1-17-33(41)49(34-18-2-10-26-42(34)53)57(61)58-50-35-19-3-11-27-43(35)54(44-28-12-4-20-36(44)50)62(58)66(65)70(72)68-64-56-47-31-15-7-23-39(47)52(40-24-8-16-32-48(40)56)60(64)59-51-37-21-5-13-29-45(37)55(63(59)67(68)69)46-30-14-6-22-38(46)51/h1-32,49-56,61-62,65-66H/t49?,50?,51?,52?,53?,54?,55?,56?,61-,62+,65-,66-/m0/s1. The van der Waals surface area contributed by atoms with Gasteiger partial charge in [0.25, 0.3) is 0 Å². The molecule has 0 amide bonds. The van der Waals surface area contributed by atoms with E-state index >= 15 is 9.59 Å². The molecule has 0 saturated heterocycles.